The smallest absolute Gasteiger partial charge is 0.228 e. The van der Waals surface area contributed by atoms with Crippen molar-refractivity contribution in [1.82, 2.24) is 0 Å². The molecule has 0 aliphatic rings. The molecule has 1 heterocycles. The minimum absolute atomic E-state index is 0.106. The van der Waals surface area contributed by atoms with Gasteiger partial charge in [-0.05, 0) is 18.9 Å². The van der Waals surface area contributed by atoms with Crippen molar-refractivity contribution in [2.75, 3.05) is 0 Å². The van der Waals surface area contributed by atoms with Gasteiger partial charge in [0.25, 0.3) is 0 Å². The van der Waals surface area contributed by atoms with Crippen molar-refractivity contribution in [1.29, 1.82) is 0 Å². The van der Waals surface area contributed by atoms with Crippen LogP contribution in [-0.2, 0) is 5.60 Å². The van der Waals surface area contributed by atoms with Crippen molar-refractivity contribution in [3.63, 3.8) is 0 Å². The highest BCUT2D eigenvalue weighted by Crippen LogP contribution is 2.27. The third-order valence-electron chi connectivity index (χ3n) is 2.49. The molecule has 1 atom stereocenters. The highest BCUT2D eigenvalue weighted by atomic mass is 16.5. The Morgan fingerprint density at radius 2 is 2.08 bits per heavy atom. The van der Waals surface area contributed by atoms with Crippen molar-refractivity contribution in [2.24, 2.45) is 5.92 Å². The summed E-state index contributed by atoms with van der Waals surface area (Å²) >= 11 is 0. The lowest BCUT2D eigenvalue weighted by Gasteiger charge is -2.26. The van der Waals surface area contributed by atoms with Crippen molar-refractivity contribution in [2.45, 2.75) is 26.4 Å². The van der Waals surface area contributed by atoms with E-state index in [-0.39, 0.29) is 5.92 Å². The lowest BCUT2D eigenvalue weighted by Crippen LogP contribution is -2.35. The molecule has 0 aliphatic heterocycles. The molecule has 1 aromatic heterocycles. The van der Waals surface area contributed by atoms with E-state index in [2.05, 4.69) is 0 Å². The van der Waals surface area contributed by atoms with Crippen LogP contribution in [0.2, 0.25) is 0 Å². The van der Waals surface area contributed by atoms with Crippen LogP contribution in [0.15, 0.2) is 24.5 Å². The molecule has 13 heavy (non-hydrogen) atoms. The fourth-order valence-electron chi connectivity index (χ4n) is 1.10. The Hall–Kier alpha value is -1.09. The topological polar surface area (TPSA) is 44.3 Å². The molecule has 0 amide bonds. The quantitative estimate of drug-likeness (QED) is 0.531. The summed E-state index contributed by atoms with van der Waals surface area (Å²) in [7, 11) is 0. The van der Waals surface area contributed by atoms with E-state index in [1.54, 1.807) is 19.1 Å². The molecular formula is C10H16NO2+. The maximum Gasteiger partial charge on any atom is 0.228 e. The zero-order valence-corrected chi connectivity index (χ0v) is 8.23. The van der Waals surface area contributed by atoms with Crippen LogP contribution in [0, 0.1) is 5.92 Å². The molecule has 0 radical (unpaired) electrons. The van der Waals surface area contributed by atoms with Crippen molar-refractivity contribution in [3.8, 4) is 0 Å². The van der Waals surface area contributed by atoms with Crippen LogP contribution in [0.3, 0.4) is 0 Å². The van der Waals surface area contributed by atoms with E-state index in [0.717, 1.165) is 4.73 Å². The molecule has 0 fully saturated rings. The van der Waals surface area contributed by atoms with E-state index in [4.69, 9.17) is 5.21 Å². The maximum atomic E-state index is 10.1. The van der Waals surface area contributed by atoms with Gasteiger partial charge in [-0.15, -0.1) is 0 Å². The third kappa shape index (κ3) is 1.98. The number of nitrogens with zero attached hydrogens (tertiary/aromatic N) is 1. The van der Waals surface area contributed by atoms with Gasteiger partial charge in [0.05, 0.1) is 11.2 Å². The summed E-state index contributed by atoms with van der Waals surface area (Å²) in [5, 5.41) is 19.2. The average Bonchev–Trinajstić information content (AvgIpc) is 2.04. The Bertz CT molecular complexity index is 295. The standard InChI is InChI=1S/C10H16NO2/c1-8(2)10(3,12)9-5-4-6-11(13)7-9/h4-8,12-13H,1-3H3/q+1. The van der Waals surface area contributed by atoms with Crippen molar-refractivity contribution < 1.29 is 15.0 Å². The Balaban J connectivity index is 3.07. The minimum atomic E-state index is -0.897. The highest BCUT2D eigenvalue weighted by molar-refractivity contribution is 5.15. The second-order valence-electron chi connectivity index (χ2n) is 3.77. The number of aromatic nitrogens is 1. The monoisotopic (exact) mass is 182 g/mol. The van der Waals surface area contributed by atoms with E-state index in [1.807, 2.05) is 13.8 Å². The Morgan fingerprint density at radius 1 is 1.46 bits per heavy atom. The Labute approximate surface area is 78.2 Å². The van der Waals surface area contributed by atoms with Crippen molar-refractivity contribution in [3.05, 3.63) is 30.1 Å². The van der Waals surface area contributed by atoms with E-state index in [0.29, 0.717) is 5.56 Å². The molecule has 3 heteroatoms. The van der Waals surface area contributed by atoms with Gasteiger partial charge < -0.3 is 5.11 Å². The molecule has 3 nitrogen and oxygen atoms in total. The Kier molecular flexibility index (Phi) is 2.57. The second kappa shape index (κ2) is 3.34. The summed E-state index contributed by atoms with van der Waals surface area (Å²) in [5.41, 5.74) is -0.182. The van der Waals surface area contributed by atoms with Gasteiger partial charge in [-0.25, -0.2) is 0 Å². The van der Waals surface area contributed by atoms with E-state index >= 15 is 0 Å². The van der Waals surface area contributed by atoms with Gasteiger partial charge >= 0.3 is 0 Å². The summed E-state index contributed by atoms with van der Waals surface area (Å²) in [6.45, 7) is 5.62. The molecule has 0 aliphatic carbocycles. The van der Waals surface area contributed by atoms with Gasteiger partial charge in [-0.3, -0.25) is 5.21 Å². The normalized spacial score (nSPS) is 15.8. The van der Waals surface area contributed by atoms with Gasteiger partial charge in [0.15, 0.2) is 0 Å². The lowest BCUT2D eigenvalue weighted by atomic mass is 9.86. The van der Waals surface area contributed by atoms with E-state index < -0.39 is 5.60 Å². The summed E-state index contributed by atoms with van der Waals surface area (Å²) in [6, 6.07) is 3.50. The average molecular weight is 182 g/mol. The van der Waals surface area contributed by atoms with Gasteiger partial charge in [0.1, 0.15) is 0 Å². The third-order valence-corrected chi connectivity index (χ3v) is 2.49. The summed E-state index contributed by atoms with van der Waals surface area (Å²) < 4.78 is 0.951. The van der Waals surface area contributed by atoms with Crippen LogP contribution in [-0.4, -0.2) is 10.3 Å². The SMILES string of the molecule is CC(C)C(C)(O)c1ccc[n+](O)c1. The fraction of sp³-hybridized carbons (Fsp3) is 0.500. The van der Waals surface area contributed by atoms with Gasteiger partial charge in [-0.1, -0.05) is 13.8 Å². The number of hydrogen-bond acceptors (Lipinski definition) is 2. The second-order valence-corrected chi connectivity index (χ2v) is 3.77. The zero-order valence-electron chi connectivity index (χ0n) is 8.23. The fourth-order valence-corrected chi connectivity index (χ4v) is 1.10. The summed E-state index contributed by atoms with van der Waals surface area (Å²) in [4.78, 5) is 0. The molecule has 2 N–H and O–H groups in total. The molecule has 0 aromatic carbocycles. The largest absolute Gasteiger partial charge is 0.385 e. The first kappa shape index (κ1) is 9.99. The van der Waals surface area contributed by atoms with Crippen molar-refractivity contribution >= 4 is 0 Å². The lowest BCUT2D eigenvalue weighted by molar-refractivity contribution is -0.905. The number of rotatable bonds is 2. The molecule has 0 spiro atoms. The number of aliphatic hydroxyl groups is 1. The van der Waals surface area contributed by atoms with Crippen LogP contribution < -0.4 is 4.73 Å². The summed E-state index contributed by atoms with van der Waals surface area (Å²) in [5.74, 6) is 0.106. The number of hydrogen-bond donors (Lipinski definition) is 2. The predicted octanol–water partition coefficient (Wildman–Crippen LogP) is 1.07. The number of pyridine rings is 1. The van der Waals surface area contributed by atoms with Crippen LogP contribution in [0.5, 0.6) is 0 Å². The maximum absolute atomic E-state index is 10.1. The van der Waals surface area contributed by atoms with Gasteiger partial charge in [-0.2, -0.15) is 0 Å². The highest BCUT2D eigenvalue weighted by Gasteiger charge is 2.29. The zero-order chi connectivity index (χ0) is 10.1. The Morgan fingerprint density at radius 3 is 2.54 bits per heavy atom. The molecule has 0 saturated carbocycles. The van der Waals surface area contributed by atoms with E-state index in [9.17, 15) is 5.11 Å². The molecule has 72 valence electrons. The van der Waals surface area contributed by atoms with Crippen LogP contribution in [0.4, 0.5) is 0 Å². The van der Waals surface area contributed by atoms with E-state index in [1.165, 1.54) is 12.4 Å². The minimum Gasteiger partial charge on any atom is -0.385 e. The van der Waals surface area contributed by atoms with Crippen LogP contribution in [0.25, 0.3) is 0 Å². The molecule has 0 bridgehead atoms. The van der Waals surface area contributed by atoms with Gasteiger partial charge in [0, 0.05) is 10.8 Å². The first-order valence-corrected chi connectivity index (χ1v) is 4.38. The molecule has 1 aromatic rings. The molecule has 0 saturated heterocycles. The molecule has 1 rings (SSSR count). The molecular weight excluding hydrogens is 166 g/mol. The first-order valence-electron chi connectivity index (χ1n) is 4.38. The van der Waals surface area contributed by atoms with Crippen LogP contribution >= 0.6 is 0 Å². The van der Waals surface area contributed by atoms with Gasteiger partial charge in [0.2, 0.25) is 12.4 Å². The van der Waals surface area contributed by atoms with Crippen LogP contribution in [0.1, 0.15) is 26.3 Å². The first-order chi connectivity index (χ1) is 5.94. The predicted molar refractivity (Wildman–Crippen MR) is 48.2 cm³/mol. The molecule has 1 unspecified atom stereocenters. The summed E-state index contributed by atoms with van der Waals surface area (Å²) in [6.07, 6.45) is 3.03.